The fourth-order valence-corrected chi connectivity index (χ4v) is 1.44. The molecule has 3 N–H and O–H groups in total. The summed E-state index contributed by atoms with van der Waals surface area (Å²) in [4.78, 5) is 0.0814. The van der Waals surface area contributed by atoms with Gasteiger partial charge in [0.2, 0.25) is 0 Å². The monoisotopic (exact) mass is 254 g/mol. The van der Waals surface area contributed by atoms with Crippen LogP contribution in [0.15, 0.2) is 18.2 Å². The van der Waals surface area contributed by atoms with Crippen LogP contribution < -0.4 is 11.1 Å². The topological polar surface area (TPSA) is 38.0 Å². The maximum absolute atomic E-state index is 13.6. The van der Waals surface area contributed by atoms with Crippen LogP contribution in [0.25, 0.3) is 0 Å². The van der Waals surface area contributed by atoms with Crippen LogP contribution in [-0.4, -0.2) is 11.0 Å². The Labute approximate surface area is 107 Å². The van der Waals surface area contributed by atoms with Crippen LogP contribution >= 0.6 is 12.2 Å². The Morgan fingerprint density at radius 1 is 1.41 bits per heavy atom. The average molecular weight is 254 g/mol. The maximum Gasteiger partial charge on any atom is 0.135 e. The van der Waals surface area contributed by atoms with Crippen molar-refractivity contribution in [3.8, 4) is 0 Å². The third kappa shape index (κ3) is 3.66. The smallest absolute Gasteiger partial charge is 0.135 e. The van der Waals surface area contributed by atoms with Gasteiger partial charge >= 0.3 is 0 Å². The van der Waals surface area contributed by atoms with Gasteiger partial charge < -0.3 is 11.1 Å². The summed E-state index contributed by atoms with van der Waals surface area (Å²) in [6, 6.07) is 5.06. The molecule has 0 aliphatic carbocycles. The summed E-state index contributed by atoms with van der Waals surface area (Å²) < 4.78 is 13.6. The first-order valence-electron chi connectivity index (χ1n) is 5.57. The Hall–Kier alpha value is -1.16. The maximum atomic E-state index is 13.6. The van der Waals surface area contributed by atoms with Crippen LogP contribution in [0.3, 0.4) is 0 Å². The van der Waals surface area contributed by atoms with Crippen molar-refractivity contribution in [3.63, 3.8) is 0 Å². The minimum atomic E-state index is -0.386. The third-order valence-corrected chi connectivity index (χ3v) is 3.14. The summed E-state index contributed by atoms with van der Waals surface area (Å²) >= 11 is 4.76. The Morgan fingerprint density at radius 3 is 2.41 bits per heavy atom. The molecule has 0 aliphatic heterocycles. The molecule has 1 atom stereocenters. The zero-order valence-corrected chi connectivity index (χ0v) is 11.5. The quantitative estimate of drug-likeness (QED) is 0.813. The van der Waals surface area contributed by atoms with E-state index in [9.17, 15) is 4.39 Å². The van der Waals surface area contributed by atoms with Gasteiger partial charge in [-0.3, -0.25) is 0 Å². The van der Waals surface area contributed by atoms with E-state index in [0.717, 1.165) is 5.69 Å². The van der Waals surface area contributed by atoms with Crippen molar-refractivity contribution >= 4 is 22.9 Å². The van der Waals surface area contributed by atoms with Gasteiger partial charge in [-0.1, -0.05) is 33.0 Å². The Kier molecular flexibility index (Phi) is 4.09. The summed E-state index contributed by atoms with van der Waals surface area (Å²) in [5.41, 5.74) is 6.54. The second-order valence-electron chi connectivity index (χ2n) is 5.29. The molecule has 0 saturated carbocycles. The largest absolute Gasteiger partial charge is 0.389 e. The lowest BCUT2D eigenvalue weighted by Gasteiger charge is -2.29. The number of hydrogen-bond acceptors (Lipinski definition) is 2. The number of hydrogen-bond donors (Lipinski definition) is 2. The molecule has 0 spiro atoms. The first-order chi connectivity index (χ1) is 7.71. The molecule has 1 aromatic carbocycles. The second kappa shape index (κ2) is 5.00. The number of nitrogens with two attached hydrogens (primary N) is 1. The van der Waals surface area contributed by atoms with Crippen molar-refractivity contribution in [1.82, 2.24) is 0 Å². The fraction of sp³-hybridized carbons (Fsp3) is 0.462. The third-order valence-electron chi connectivity index (χ3n) is 2.92. The Bertz CT molecular complexity index is 424. The van der Waals surface area contributed by atoms with Gasteiger partial charge in [-0.2, -0.15) is 0 Å². The standard InChI is InChI=1S/C13H19FN2S/c1-8(13(2,3)4)16-9-5-6-10(12(15)17)11(14)7-9/h5-8,16H,1-4H3,(H2,15,17). The number of halogens is 1. The van der Waals surface area contributed by atoms with Crippen molar-refractivity contribution < 1.29 is 4.39 Å². The van der Waals surface area contributed by atoms with E-state index in [0.29, 0.717) is 0 Å². The molecule has 0 amide bonds. The predicted molar refractivity (Wildman–Crippen MR) is 74.8 cm³/mol. The molecular weight excluding hydrogens is 235 g/mol. The molecule has 0 bridgehead atoms. The van der Waals surface area contributed by atoms with Gasteiger partial charge in [0, 0.05) is 17.3 Å². The molecule has 4 heteroatoms. The molecule has 1 unspecified atom stereocenters. The normalized spacial score (nSPS) is 13.2. The lowest BCUT2D eigenvalue weighted by molar-refractivity contribution is 0.359. The van der Waals surface area contributed by atoms with E-state index in [2.05, 4.69) is 33.0 Å². The highest BCUT2D eigenvalue weighted by Gasteiger charge is 2.19. The molecule has 94 valence electrons. The number of anilines is 1. The summed E-state index contributed by atoms with van der Waals surface area (Å²) in [7, 11) is 0. The Morgan fingerprint density at radius 2 is 2.00 bits per heavy atom. The molecular formula is C13H19FN2S. The fourth-order valence-electron chi connectivity index (χ4n) is 1.27. The molecule has 2 nitrogen and oxygen atoms in total. The van der Waals surface area contributed by atoms with Crippen LogP contribution in [0.1, 0.15) is 33.3 Å². The molecule has 1 rings (SSSR count). The van der Waals surface area contributed by atoms with Gasteiger partial charge in [-0.15, -0.1) is 0 Å². The molecule has 0 heterocycles. The zero-order chi connectivity index (χ0) is 13.2. The number of benzene rings is 1. The summed E-state index contributed by atoms with van der Waals surface area (Å²) in [6.45, 7) is 8.46. The summed E-state index contributed by atoms with van der Waals surface area (Å²) in [5, 5.41) is 3.26. The first kappa shape index (κ1) is 13.9. The van der Waals surface area contributed by atoms with Gasteiger partial charge in [0.15, 0.2) is 0 Å². The van der Waals surface area contributed by atoms with E-state index in [1.807, 2.05) is 0 Å². The van der Waals surface area contributed by atoms with Crippen molar-refractivity contribution in [2.75, 3.05) is 5.32 Å². The van der Waals surface area contributed by atoms with E-state index in [4.69, 9.17) is 18.0 Å². The van der Waals surface area contributed by atoms with Crippen LogP contribution in [0.2, 0.25) is 0 Å². The molecule has 0 saturated heterocycles. The van der Waals surface area contributed by atoms with E-state index >= 15 is 0 Å². The average Bonchev–Trinajstić information content (AvgIpc) is 2.15. The van der Waals surface area contributed by atoms with Crippen LogP contribution in [-0.2, 0) is 0 Å². The highest BCUT2D eigenvalue weighted by Crippen LogP contribution is 2.23. The van der Waals surface area contributed by atoms with Gasteiger partial charge in [0.25, 0.3) is 0 Å². The van der Waals surface area contributed by atoms with Gasteiger partial charge in [0.05, 0.1) is 0 Å². The highest BCUT2D eigenvalue weighted by atomic mass is 32.1. The lowest BCUT2D eigenvalue weighted by Crippen LogP contribution is -2.30. The van der Waals surface area contributed by atoms with E-state index in [1.165, 1.54) is 6.07 Å². The second-order valence-corrected chi connectivity index (χ2v) is 5.73. The minimum absolute atomic E-state index is 0.0814. The molecule has 1 aromatic rings. The van der Waals surface area contributed by atoms with Crippen LogP contribution in [0, 0.1) is 11.2 Å². The van der Waals surface area contributed by atoms with Crippen molar-refractivity contribution in [3.05, 3.63) is 29.6 Å². The molecule has 0 aliphatic rings. The SMILES string of the molecule is CC(Nc1ccc(C(N)=S)c(F)c1)C(C)(C)C. The van der Waals surface area contributed by atoms with Gasteiger partial charge in [-0.05, 0) is 30.5 Å². The minimum Gasteiger partial charge on any atom is -0.389 e. The van der Waals surface area contributed by atoms with Gasteiger partial charge in [0.1, 0.15) is 10.8 Å². The van der Waals surface area contributed by atoms with E-state index < -0.39 is 0 Å². The zero-order valence-electron chi connectivity index (χ0n) is 10.7. The molecule has 0 fully saturated rings. The summed E-state index contributed by atoms with van der Waals surface area (Å²) in [6.07, 6.45) is 0. The van der Waals surface area contributed by atoms with E-state index in [1.54, 1.807) is 12.1 Å². The summed E-state index contributed by atoms with van der Waals surface area (Å²) in [5.74, 6) is -0.386. The number of nitrogens with one attached hydrogen (secondary N) is 1. The van der Waals surface area contributed by atoms with Gasteiger partial charge in [-0.25, -0.2) is 4.39 Å². The predicted octanol–water partition coefficient (Wildman–Crippen LogP) is 3.31. The Balaban J connectivity index is 2.88. The van der Waals surface area contributed by atoms with Crippen LogP contribution in [0.4, 0.5) is 10.1 Å². The van der Waals surface area contributed by atoms with Crippen LogP contribution in [0.5, 0.6) is 0 Å². The van der Waals surface area contributed by atoms with Crippen molar-refractivity contribution in [1.29, 1.82) is 0 Å². The van der Waals surface area contributed by atoms with E-state index in [-0.39, 0.29) is 27.8 Å². The lowest BCUT2D eigenvalue weighted by atomic mass is 9.88. The molecule has 17 heavy (non-hydrogen) atoms. The number of thiocarbonyl (C=S) groups is 1. The molecule has 0 radical (unpaired) electrons. The van der Waals surface area contributed by atoms with Crippen molar-refractivity contribution in [2.24, 2.45) is 11.1 Å². The van der Waals surface area contributed by atoms with Crippen molar-refractivity contribution in [2.45, 2.75) is 33.7 Å². The highest BCUT2D eigenvalue weighted by molar-refractivity contribution is 7.80. The molecule has 0 aromatic heterocycles. The first-order valence-corrected chi connectivity index (χ1v) is 5.98. The number of rotatable bonds is 3.